The minimum absolute atomic E-state index is 0.0556. The summed E-state index contributed by atoms with van der Waals surface area (Å²) >= 11 is 1.61. The summed E-state index contributed by atoms with van der Waals surface area (Å²) in [6.07, 6.45) is 1.37. The van der Waals surface area contributed by atoms with Crippen LogP contribution in [-0.4, -0.2) is 60.5 Å². The number of aromatic nitrogens is 1. The molecule has 1 aromatic carbocycles. The van der Waals surface area contributed by atoms with Gasteiger partial charge in [0.05, 0.1) is 12.1 Å². The Morgan fingerprint density at radius 2 is 1.89 bits per heavy atom. The summed E-state index contributed by atoms with van der Waals surface area (Å²) in [6.45, 7) is 10.6. The van der Waals surface area contributed by atoms with Crippen molar-refractivity contribution in [1.82, 2.24) is 20.1 Å². The molecule has 152 valence electrons. The molecule has 28 heavy (non-hydrogen) atoms. The van der Waals surface area contributed by atoms with Crippen molar-refractivity contribution in [2.24, 2.45) is 5.92 Å². The lowest BCUT2D eigenvalue weighted by atomic mass is 10.1. The van der Waals surface area contributed by atoms with Crippen molar-refractivity contribution in [3.8, 4) is 10.6 Å². The first-order valence-electron chi connectivity index (χ1n) is 10.2. The highest BCUT2D eigenvalue weighted by Gasteiger charge is 2.14. The van der Waals surface area contributed by atoms with Gasteiger partial charge in [-0.1, -0.05) is 38.1 Å². The van der Waals surface area contributed by atoms with Gasteiger partial charge in [0, 0.05) is 50.2 Å². The fourth-order valence-electron chi connectivity index (χ4n) is 3.26. The van der Waals surface area contributed by atoms with E-state index in [4.69, 9.17) is 0 Å². The normalized spacial score (nSPS) is 15.9. The molecule has 6 heteroatoms. The first-order chi connectivity index (χ1) is 13.5. The molecule has 1 aliphatic rings. The smallest absolute Gasteiger partial charge is 0.226 e. The van der Waals surface area contributed by atoms with E-state index in [2.05, 4.69) is 65.3 Å². The SMILES string of the molecule is CC(C)CCNC(=O)Cc1csc(-c2ccc(CN3CCN(C)CC3)cc2)n1. The predicted molar refractivity (Wildman–Crippen MR) is 116 cm³/mol. The average molecular weight is 401 g/mol. The number of nitrogens with zero attached hydrogens (tertiary/aromatic N) is 3. The average Bonchev–Trinajstić information content (AvgIpc) is 3.12. The van der Waals surface area contributed by atoms with Gasteiger partial charge >= 0.3 is 0 Å². The fourth-order valence-corrected chi connectivity index (χ4v) is 4.09. The molecule has 0 aliphatic carbocycles. The maximum Gasteiger partial charge on any atom is 0.226 e. The van der Waals surface area contributed by atoms with Crippen LogP contribution in [0.5, 0.6) is 0 Å². The number of nitrogens with one attached hydrogen (secondary N) is 1. The summed E-state index contributed by atoms with van der Waals surface area (Å²) in [7, 11) is 2.18. The van der Waals surface area contributed by atoms with Crippen LogP contribution in [0, 0.1) is 5.92 Å². The van der Waals surface area contributed by atoms with Gasteiger partial charge in [0.2, 0.25) is 5.91 Å². The molecule has 2 aromatic rings. The van der Waals surface area contributed by atoms with Crippen molar-refractivity contribution in [1.29, 1.82) is 0 Å². The van der Waals surface area contributed by atoms with Gasteiger partial charge in [-0.05, 0) is 24.9 Å². The monoisotopic (exact) mass is 400 g/mol. The Kier molecular flexibility index (Phi) is 7.59. The van der Waals surface area contributed by atoms with Crippen LogP contribution in [0.4, 0.5) is 0 Å². The van der Waals surface area contributed by atoms with Crippen molar-refractivity contribution in [3.05, 3.63) is 40.9 Å². The Hall–Kier alpha value is -1.76. The number of thiazole rings is 1. The topological polar surface area (TPSA) is 48.5 Å². The van der Waals surface area contributed by atoms with Crippen molar-refractivity contribution in [3.63, 3.8) is 0 Å². The molecule has 1 N–H and O–H groups in total. The van der Waals surface area contributed by atoms with Crippen molar-refractivity contribution in [2.45, 2.75) is 33.2 Å². The summed E-state index contributed by atoms with van der Waals surface area (Å²) in [5.74, 6) is 0.658. The molecule has 1 amide bonds. The quantitative estimate of drug-likeness (QED) is 0.739. The minimum atomic E-state index is 0.0556. The molecule has 0 atom stereocenters. The number of amides is 1. The molecule has 2 heterocycles. The molecule has 3 rings (SSSR count). The first-order valence-corrected chi connectivity index (χ1v) is 11.1. The number of rotatable bonds is 8. The Morgan fingerprint density at radius 3 is 2.57 bits per heavy atom. The number of piperazine rings is 1. The zero-order valence-electron chi connectivity index (χ0n) is 17.3. The molecule has 0 bridgehead atoms. The highest BCUT2D eigenvalue weighted by molar-refractivity contribution is 7.13. The molecule has 0 spiro atoms. The number of likely N-dealkylation sites (N-methyl/N-ethyl adjacent to an activating group) is 1. The summed E-state index contributed by atoms with van der Waals surface area (Å²) in [5, 5.41) is 5.96. The summed E-state index contributed by atoms with van der Waals surface area (Å²) in [5.41, 5.74) is 3.32. The first kappa shape index (κ1) is 21.0. The second kappa shape index (κ2) is 10.1. The second-order valence-corrected chi connectivity index (χ2v) is 8.99. The molecular weight excluding hydrogens is 368 g/mol. The second-order valence-electron chi connectivity index (χ2n) is 8.13. The number of hydrogen-bond acceptors (Lipinski definition) is 5. The van der Waals surface area contributed by atoms with E-state index in [9.17, 15) is 4.79 Å². The number of carbonyl (C=O) groups is 1. The maximum absolute atomic E-state index is 12.0. The molecular formula is C22H32N4OS. The molecule has 0 radical (unpaired) electrons. The Morgan fingerprint density at radius 1 is 1.18 bits per heavy atom. The Bertz CT molecular complexity index is 748. The van der Waals surface area contributed by atoms with Gasteiger partial charge in [0.25, 0.3) is 0 Å². The lowest BCUT2D eigenvalue weighted by Crippen LogP contribution is -2.43. The predicted octanol–water partition coefficient (Wildman–Crippen LogP) is 3.26. The van der Waals surface area contributed by atoms with E-state index in [1.165, 1.54) is 5.56 Å². The van der Waals surface area contributed by atoms with E-state index >= 15 is 0 Å². The highest BCUT2D eigenvalue weighted by atomic mass is 32.1. The van der Waals surface area contributed by atoms with Crippen molar-refractivity contribution < 1.29 is 4.79 Å². The van der Waals surface area contributed by atoms with Crippen LogP contribution in [-0.2, 0) is 17.8 Å². The summed E-state index contributed by atoms with van der Waals surface area (Å²) in [4.78, 5) is 21.6. The number of carbonyl (C=O) groups excluding carboxylic acids is 1. The van der Waals surface area contributed by atoms with Gasteiger partial charge in [0.15, 0.2) is 0 Å². The maximum atomic E-state index is 12.0. The van der Waals surface area contributed by atoms with Gasteiger partial charge in [-0.3, -0.25) is 9.69 Å². The van der Waals surface area contributed by atoms with Crippen molar-refractivity contribution >= 4 is 17.2 Å². The molecule has 0 saturated carbocycles. The van der Waals surface area contributed by atoms with Crippen molar-refractivity contribution in [2.75, 3.05) is 39.8 Å². The largest absolute Gasteiger partial charge is 0.356 e. The third-order valence-electron chi connectivity index (χ3n) is 5.14. The van der Waals surface area contributed by atoms with E-state index in [1.54, 1.807) is 11.3 Å². The van der Waals surface area contributed by atoms with Crippen LogP contribution in [0.1, 0.15) is 31.5 Å². The standard InChI is InChI=1S/C22H32N4OS/c1-17(2)8-9-23-21(27)14-20-16-28-22(24-20)19-6-4-18(5-7-19)15-26-12-10-25(3)11-13-26/h4-7,16-17H,8-15H2,1-3H3,(H,23,27). The Balaban J connectivity index is 1.51. The van der Waals surface area contributed by atoms with Gasteiger partial charge < -0.3 is 10.2 Å². The van der Waals surface area contributed by atoms with Crippen LogP contribution >= 0.6 is 11.3 Å². The third-order valence-corrected chi connectivity index (χ3v) is 6.08. The van der Waals surface area contributed by atoms with Crippen LogP contribution in [0.3, 0.4) is 0 Å². The summed E-state index contributed by atoms with van der Waals surface area (Å²) < 4.78 is 0. The molecule has 1 aliphatic heterocycles. The van der Waals surface area contributed by atoms with Gasteiger partial charge in [-0.15, -0.1) is 11.3 Å². The molecule has 0 unspecified atom stereocenters. The van der Waals surface area contributed by atoms with E-state index in [-0.39, 0.29) is 5.91 Å². The van der Waals surface area contributed by atoms with Gasteiger partial charge in [-0.2, -0.15) is 0 Å². The molecule has 1 fully saturated rings. The lowest BCUT2D eigenvalue weighted by molar-refractivity contribution is -0.120. The van der Waals surface area contributed by atoms with E-state index in [0.29, 0.717) is 12.3 Å². The van der Waals surface area contributed by atoms with E-state index in [1.807, 2.05) is 5.38 Å². The molecule has 5 nitrogen and oxygen atoms in total. The third kappa shape index (κ3) is 6.40. The van der Waals surface area contributed by atoms with Crippen LogP contribution in [0.2, 0.25) is 0 Å². The van der Waals surface area contributed by atoms with Crippen LogP contribution < -0.4 is 5.32 Å². The van der Waals surface area contributed by atoms with Crippen LogP contribution in [0.15, 0.2) is 29.6 Å². The van der Waals surface area contributed by atoms with E-state index < -0.39 is 0 Å². The zero-order chi connectivity index (χ0) is 19.9. The minimum Gasteiger partial charge on any atom is -0.356 e. The molecule has 1 saturated heterocycles. The Labute approximate surface area is 172 Å². The zero-order valence-corrected chi connectivity index (χ0v) is 18.1. The number of benzene rings is 1. The van der Waals surface area contributed by atoms with Gasteiger partial charge in [0.1, 0.15) is 5.01 Å². The fraction of sp³-hybridized carbons (Fsp3) is 0.545. The summed E-state index contributed by atoms with van der Waals surface area (Å²) in [6, 6.07) is 8.70. The lowest BCUT2D eigenvalue weighted by Gasteiger charge is -2.32. The molecule has 1 aromatic heterocycles. The number of hydrogen-bond donors (Lipinski definition) is 1. The highest BCUT2D eigenvalue weighted by Crippen LogP contribution is 2.24. The van der Waals surface area contributed by atoms with Gasteiger partial charge in [-0.25, -0.2) is 4.98 Å². The van der Waals surface area contributed by atoms with Crippen LogP contribution in [0.25, 0.3) is 10.6 Å². The van der Waals surface area contributed by atoms with E-state index in [0.717, 1.165) is 62.0 Å².